The smallest absolute Gasteiger partial charge is 0.229 e. The van der Waals surface area contributed by atoms with Crippen molar-refractivity contribution in [2.45, 2.75) is 20.4 Å². The zero-order valence-corrected chi connectivity index (χ0v) is 14.7. The van der Waals surface area contributed by atoms with Crippen LogP contribution in [0.2, 0.25) is 0 Å². The van der Waals surface area contributed by atoms with Gasteiger partial charge < -0.3 is 15.4 Å². The summed E-state index contributed by atoms with van der Waals surface area (Å²) in [5.74, 6) is 2.13. The Bertz CT molecular complexity index is 864. The van der Waals surface area contributed by atoms with Gasteiger partial charge in [0.1, 0.15) is 11.6 Å². The number of rotatable bonds is 6. The van der Waals surface area contributed by atoms with E-state index in [1.54, 1.807) is 7.11 Å². The lowest BCUT2D eigenvalue weighted by Gasteiger charge is -2.11. The summed E-state index contributed by atoms with van der Waals surface area (Å²) in [6, 6.07) is 18.0. The molecule has 25 heavy (non-hydrogen) atoms. The standard InChI is InChI=1S/C20H22N4O/c1-14-6-4-7-16(10-14)13-21-19-11-15(2)22-20(24-19)23-17-8-5-9-18(12-17)25-3/h4-12H,13H2,1-3H3,(H2,21,22,23,24). The van der Waals surface area contributed by atoms with Gasteiger partial charge in [-0.05, 0) is 31.5 Å². The van der Waals surface area contributed by atoms with Gasteiger partial charge in [-0.1, -0.05) is 35.9 Å². The van der Waals surface area contributed by atoms with Crippen molar-refractivity contribution < 1.29 is 4.74 Å². The molecule has 3 rings (SSSR count). The van der Waals surface area contributed by atoms with Crippen molar-refractivity contribution in [2.75, 3.05) is 17.7 Å². The summed E-state index contributed by atoms with van der Waals surface area (Å²) in [6.07, 6.45) is 0. The van der Waals surface area contributed by atoms with Crippen molar-refractivity contribution in [1.29, 1.82) is 0 Å². The Labute approximate surface area is 148 Å². The largest absolute Gasteiger partial charge is 0.497 e. The highest BCUT2D eigenvalue weighted by Gasteiger charge is 2.04. The van der Waals surface area contributed by atoms with E-state index in [0.717, 1.165) is 29.5 Å². The lowest BCUT2D eigenvalue weighted by atomic mass is 10.1. The van der Waals surface area contributed by atoms with Crippen LogP contribution in [0, 0.1) is 13.8 Å². The monoisotopic (exact) mass is 334 g/mol. The molecule has 5 nitrogen and oxygen atoms in total. The van der Waals surface area contributed by atoms with Crippen molar-refractivity contribution >= 4 is 17.5 Å². The van der Waals surface area contributed by atoms with Crippen molar-refractivity contribution in [3.05, 3.63) is 71.4 Å². The van der Waals surface area contributed by atoms with Gasteiger partial charge in [0.2, 0.25) is 5.95 Å². The van der Waals surface area contributed by atoms with Gasteiger partial charge in [-0.15, -0.1) is 0 Å². The third-order valence-electron chi connectivity index (χ3n) is 3.74. The number of ether oxygens (including phenoxy) is 1. The first-order valence-corrected chi connectivity index (χ1v) is 8.18. The van der Waals surface area contributed by atoms with Gasteiger partial charge in [0.05, 0.1) is 7.11 Å². The van der Waals surface area contributed by atoms with E-state index >= 15 is 0 Å². The molecule has 0 saturated carbocycles. The highest BCUT2D eigenvalue weighted by molar-refractivity contribution is 5.57. The van der Waals surface area contributed by atoms with Gasteiger partial charge in [-0.2, -0.15) is 4.98 Å². The van der Waals surface area contributed by atoms with Crippen LogP contribution in [0.4, 0.5) is 17.5 Å². The van der Waals surface area contributed by atoms with Crippen molar-refractivity contribution in [2.24, 2.45) is 0 Å². The summed E-state index contributed by atoms with van der Waals surface area (Å²) >= 11 is 0. The van der Waals surface area contributed by atoms with Crippen LogP contribution in [0.5, 0.6) is 5.75 Å². The molecule has 0 aliphatic carbocycles. The predicted molar refractivity (Wildman–Crippen MR) is 102 cm³/mol. The molecule has 3 aromatic rings. The number of anilines is 3. The molecule has 0 spiro atoms. The van der Waals surface area contributed by atoms with Gasteiger partial charge in [0.15, 0.2) is 0 Å². The molecular weight excluding hydrogens is 312 g/mol. The molecule has 1 aromatic heterocycles. The van der Waals surface area contributed by atoms with Crippen LogP contribution in [0.1, 0.15) is 16.8 Å². The van der Waals surface area contributed by atoms with Crippen LogP contribution in [0.25, 0.3) is 0 Å². The molecule has 5 heteroatoms. The van der Waals surface area contributed by atoms with E-state index in [4.69, 9.17) is 4.74 Å². The molecule has 0 fully saturated rings. The molecule has 0 atom stereocenters. The predicted octanol–water partition coefficient (Wildman–Crippen LogP) is 4.46. The highest BCUT2D eigenvalue weighted by Crippen LogP contribution is 2.20. The van der Waals surface area contributed by atoms with Crippen LogP contribution in [0.15, 0.2) is 54.6 Å². The van der Waals surface area contributed by atoms with E-state index < -0.39 is 0 Å². The number of aromatic nitrogens is 2. The fourth-order valence-corrected chi connectivity index (χ4v) is 2.56. The third kappa shape index (κ3) is 4.70. The third-order valence-corrected chi connectivity index (χ3v) is 3.74. The van der Waals surface area contributed by atoms with Crippen molar-refractivity contribution in [1.82, 2.24) is 9.97 Å². The fourth-order valence-electron chi connectivity index (χ4n) is 2.56. The molecule has 0 aliphatic heterocycles. The summed E-state index contributed by atoms with van der Waals surface area (Å²) in [5.41, 5.74) is 4.25. The lowest BCUT2D eigenvalue weighted by molar-refractivity contribution is 0.415. The van der Waals surface area contributed by atoms with Crippen LogP contribution < -0.4 is 15.4 Å². The Kier molecular flexibility index (Phi) is 5.14. The molecule has 0 unspecified atom stereocenters. The Hall–Kier alpha value is -3.08. The number of nitrogens with one attached hydrogen (secondary N) is 2. The Morgan fingerprint density at radius 3 is 2.60 bits per heavy atom. The number of benzene rings is 2. The zero-order chi connectivity index (χ0) is 17.6. The van der Waals surface area contributed by atoms with Gasteiger partial charge in [0.25, 0.3) is 0 Å². The van der Waals surface area contributed by atoms with Crippen LogP contribution in [-0.4, -0.2) is 17.1 Å². The molecule has 2 aromatic carbocycles. The quantitative estimate of drug-likeness (QED) is 0.697. The van der Waals surface area contributed by atoms with Crippen LogP contribution in [-0.2, 0) is 6.54 Å². The second-order valence-corrected chi connectivity index (χ2v) is 5.92. The number of aryl methyl sites for hydroxylation is 2. The molecular formula is C20H22N4O. The average Bonchev–Trinajstić information content (AvgIpc) is 2.60. The van der Waals surface area contributed by atoms with Gasteiger partial charge in [-0.25, -0.2) is 4.98 Å². The Morgan fingerprint density at radius 2 is 1.80 bits per heavy atom. The number of methoxy groups -OCH3 is 1. The molecule has 1 heterocycles. The summed E-state index contributed by atoms with van der Waals surface area (Å²) < 4.78 is 5.24. The second kappa shape index (κ2) is 7.66. The molecule has 0 bridgehead atoms. The summed E-state index contributed by atoms with van der Waals surface area (Å²) in [6.45, 7) is 4.77. The molecule has 2 N–H and O–H groups in total. The van der Waals surface area contributed by atoms with E-state index in [9.17, 15) is 0 Å². The van der Waals surface area contributed by atoms with E-state index in [-0.39, 0.29) is 0 Å². The molecule has 0 amide bonds. The van der Waals surface area contributed by atoms with Gasteiger partial charge >= 0.3 is 0 Å². The van der Waals surface area contributed by atoms with E-state index in [0.29, 0.717) is 5.95 Å². The van der Waals surface area contributed by atoms with Gasteiger partial charge in [0, 0.05) is 30.1 Å². The van der Waals surface area contributed by atoms with E-state index in [1.807, 2.05) is 37.3 Å². The minimum absolute atomic E-state index is 0.556. The summed E-state index contributed by atoms with van der Waals surface area (Å²) in [4.78, 5) is 9.00. The first kappa shape index (κ1) is 16.8. The average molecular weight is 334 g/mol. The SMILES string of the molecule is COc1cccc(Nc2nc(C)cc(NCc3cccc(C)c3)n2)c1. The van der Waals surface area contributed by atoms with Crippen LogP contribution >= 0.6 is 0 Å². The maximum atomic E-state index is 5.24. The summed E-state index contributed by atoms with van der Waals surface area (Å²) in [7, 11) is 1.65. The zero-order valence-electron chi connectivity index (χ0n) is 14.7. The lowest BCUT2D eigenvalue weighted by Crippen LogP contribution is -2.05. The first-order chi connectivity index (χ1) is 12.1. The van der Waals surface area contributed by atoms with Crippen molar-refractivity contribution in [3.63, 3.8) is 0 Å². The molecule has 0 saturated heterocycles. The van der Waals surface area contributed by atoms with Crippen LogP contribution in [0.3, 0.4) is 0 Å². The minimum atomic E-state index is 0.556. The number of hydrogen-bond donors (Lipinski definition) is 2. The fraction of sp³-hybridized carbons (Fsp3) is 0.200. The van der Waals surface area contributed by atoms with E-state index in [1.165, 1.54) is 11.1 Å². The number of nitrogens with zero attached hydrogens (tertiary/aromatic N) is 2. The van der Waals surface area contributed by atoms with Crippen molar-refractivity contribution in [3.8, 4) is 5.75 Å². The Balaban J connectivity index is 1.73. The first-order valence-electron chi connectivity index (χ1n) is 8.18. The normalized spacial score (nSPS) is 10.4. The Morgan fingerprint density at radius 1 is 0.960 bits per heavy atom. The second-order valence-electron chi connectivity index (χ2n) is 5.92. The van der Waals surface area contributed by atoms with Gasteiger partial charge in [-0.3, -0.25) is 0 Å². The van der Waals surface area contributed by atoms with E-state index in [2.05, 4.69) is 51.8 Å². The maximum Gasteiger partial charge on any atom is 0.229 e. The maximum absolute atomic E-state index is 5.24. The highest BCUT2D eigenvalue weighted by atomic mass is 16.5. The topological polar surface area (TPSA) is 59.1 Å². The molecule has 128 valence electrons. The minimum Gasteiger partial charge on any atom is -0.497 e. The molecule has 0 radical (unpaired) electrons. The number of hydrogen-bond acceptors (Lipinski definition) is 5. The summed E-state index contributed by atoms with van der Waals surface area (Å²) in [5, 5.41) is 6.59. The molecule has 0 aliphatic rings.